The second kappa shape index (κ2) is 21.5. The van der Waals surface area contributed by atoms with E-state index in [1.165, 1.54) is 0 Å². The summed E-state index contributed by atoms with van der Waals surface area (Å²) in [5, 5.41) is 14.2. The fraction of sp³-hybridized carbons (Fsp3) is 0.600. The zero-order valence-electron chi connectivity index (χ0n) is 41.0. The number of piperazine rings is 1. The first-order chi connectivity index (χ1) is 32.7. The van der Waals surface area contributed by atoms with Crippen molar-refractivity contribution in [1.29, 1.82) is 0 Å². The van der Waals surface area contributed by atoms with Crippen molar-refractivity contribution in [2.75, 3.05) is 44.7 Å². The average Bonchev–Trinajstić information content (AvgIpc) is 3.65. The molecule has 0 spiro atoms. The Kier molecular flexibility index (Phi) is 16.1. The van der Waals surface area contributed by atoms with Gasteiger partial charge in [-0.2, -0.15) is 0 Å². The fourth-order valence-corrected chi connectivity index (χ4v) is 13.4. The van der Waals surface area contributed by atoms with E-state index >= 15 is 0 Å². The minimum atomic E-state index is -1.11. The van der Waals surface area contributed by atoms with E-state index in [9.17, 15) is 38.4 Å². The number of rotatable bonds is 13. The van der Waals surface area contributed by atoms with Crippen molar-refractivity contribution in [3.8, 4) is 0 Å². The van der Waals surface area contributed by atoms with E-state index in [1.54, 1.807) is 119 Å². The third-order valence-corrected chi connectivity index (χ3v) is 16.8. The van der Waals surface area contributed by atoms with Crippen LogP contribution in [0.25, 0.3) is 0 Å². The number of carbonyl (C=O) groups excluding carboxylic acids is 8. The number of fused-ring (bicyclic) bond motifs is 2. The minimum absolute atomic E-state index is 0.143. The Morgan fingerprint density at radius 2 is 0.971 bits per heavy atom. The van der Waals surface area contributed by atoms with Gasteiger partial charge < -0.3 is 46.2 Å². The molecule has 9 atom stereocenters. The first kappa shape index (κ1) is 51.7. The molecule has 7 rings (SSSR count). The Bertz CT molecular complexity index is 2260. The Labute approximate surface area is 414 Å². The molecule has 19 heteroatoms. The van der Waals surface area contributed by atoms with E-state index in [0.717, 1.165) is 0 Å². The summed E-state index contributed by atoms with van der Waals surface area (Å²) >= 11 is 3.19. The molecule has 5 aliphatic rings. The van der Waals surface area contributed by atoms with E-state index in [4.69, 9.17) is 0 Å². The van der Waals surface area contributed by atoms with E-state index < -0.39 is 64.9 Å². The van der Waals surface area contributed by atoms with Crippen molar-refractivity contribution in [3.63, 3.8) is 0 Å². The van der Waals surface area contributed by atoms with Crippen LogP contribution < -0.4 is 26.6 Å². The van der Waals surface area contributed by atoms with E-state index in [2.05, 4.69) is 26.6 Å². The van der Waals surface area contributed by atoms with Gasteiger partial charge in [-0.1, -0.05) is 102 Å². The summed E-state index contributed by atoms with van der Waals surface area (Å²) in [4.78, 5) is 119. The molecule has 0 bridgehead atoms. The first-order valence-electron chi connectivity index (χ1n) is 24.2. The van der Waals surface area contributed by atoms with Crippen molar-refractivity contribution in [3.05, 3.63) is 71.8 Å². The number of hydrogen-bond donors (Lipinski definition) is 5. The van der Waals surface area contributed by atoms with E-state index in [0.29, 0.717) is 48.3 Å². The number of carbonyl (C=O) groups is 8. The molecule has 1 unspecified atom stereocenters. The highest BCUT2D eigenvalue weighted by Crippen LogP contribution is 2.48. The van der Waals surface area contributed by atoms with E-state index in [-0.39, 0.29) is 78.3 Å². The highest BCUT2D eigenvalue weighted by Gasteiger charge is 2.56. The molecule has 2 aromatic carbocycles. The summed E-state index contributed by atoms with van der Waals surface area (Å²) in [6.07, 6.45) is 1.97. The molecule has 5 saturated heterocycles. The number of amides is 8. The lowest BCUT2D eigenvalue weighted by Gasteiger charge is -2.39. The van der Waals surface area contributed by atoms with Gasteiger partial charge in [-0.05, 0) is 73.1 Å². The molecule has 0 aliphatic carbocycles. The van der Waals surface area contributed by atoms with Crippen LogP contribution >= 0.6 is 23.5 Å². The lowest BCUT2D eigenvalue weighted by atomic mass is 9.83. The summed E-state index contributed by atoms with van der Waals surface area (Å²) in [5.41, 5.74) is -0.188. The SMILES string of the molecule is CN[C@@H](C)C(=O)N[C@H]1CCS[C@H]2CC(C)(C)[C@@H](C(=O)N[C@H](C(=O)N3CCN(C(=O)[C@@H](NC(=O)[C@H]4N5C(=O)[C@@H](NC(=O)C(C)C)CCSC5CC4(C)C)c4ccccc4)CC3)c3ccccc3)N2C1=O. The summed E-state index contributed by atoms with van der Waals surface area (Å²) in [7, 11) is 1.67. The summed E-state index contributed by atoms with van der Waals surface area (Å²) in [6.45, 7) is 13.6. The van der Waals surface area contributed by atoms with Gasteiger partial charge in [0.25, 0.3) is 0 Å². The zero-order valence-corrected chi connectivity index (χ0v) is 42.6. The summed E-state index contributed by atoms with van der Waals surface area (Å²) in [5.74, 6) is -1.92. The van der Waals surface area contributed by atoms with Gasteiger partial charge in [-0.3, -0.25) is 38.4 Å². The van der Waals surface area contributed by atoms with Crippen molar-refractivity contribution in [2.45, 2.75) is 127 Å². The van der Waals surface area contributed by atoms with Crippen molar-refractivity contribution in [2.24, 2.45) is 16.7 Å². The van der Waals surface area contributed by atoms with E-state index in [1.807, 2.05) is 39.8 Å². The second-order valence-electron chi connectivity index (χ2n) is 20.6. The standard InChI is InChI=1S/C50H69N9O8S2/c1-29(2)41(60)52-33-19-25-68-35-27-49(4,5)39(58(35)45(33)64)43(62)54-37(31-15-11-9-12-16-31)47(66)56-21-23-57(24-22-56)48(67)38(32-17-13-10-14-18-32)55-44(63)40-50(6,7)28-36-59(40)46(65)34(20-26-69-36)53-42(61)30(3)51-8/h9-18,29-30,33-40,51H,19-28H2,1-8H3,(H,52,60)(H,53,61)(H,54,62)(H,55,63)/t30-,33-,34-,35?,36-,37-,38-,39+,40+/m0/s1. The van der Waals surface area contributed by atoms with Crippen molar-refractivity contribution >= 4 is 70.8 Å². The predicted molar refractivity (Wildman–Crippen MR) is 265 cm³/mol. The largest absolute Gasteiger partial charge is 0.344 e. The Hall–Kier alpha value is -5.14. The van der Waals surface area contributed by atoms with Gasteiger partial charge >= 0.3 is 0 Å². The number of thioether (sulfide) groups is 2. The summed E-state index contributed by atoms with van der Waals surface area (Å²) in [6, 6.07) is 11.8. The van der Waals surface area contributed by atoms with Crippen LogP contribution in [-0.2, 0) is 38.4 Å². The molecule has 5 heterocycles. The van der Waals surface area contributed by atoms with Crippen molar-refractivity contribution < 1.29 is 38.4 Å². The molecule has 2 aromatic rings. The number of likely N-dealkylation sites (N-methyl/N-ethyl adjacent to an activating group) is 1. The molecular weight excluding hydrogens is 919 g/mol. The molecule has 0 aromatic heterocycles. The average molecular weight is 988 g/mol. The Morgan fingerprint density at radius 1 is 0.594 bits per heavy atom. The Morgan fingerprint density at radius 3 is 1.33 bits per heavy atom. The normalized spacial score (nSPS) is 26.7. The fourth-order valence-electron chi connectivity index (χ4n) is 10.3. The molecule has 0 saturated carbocycles. The van der Waals surface area contributed by atoms with Gasteiger partial charge in [0.1, 0.15) is 36.3 Å². The molecule has 69 heavy (non-hydrogen) atoms. The zero-order chi connectivity index (χ0) is 49.9. The quantitative estimate of drug-likeness (QED) is 0.197. The van der Waals surface area contributed by atoms with Crippen LogP contribution in [0.5, 0.6) is 0 Å². The number of benzene rings is 2. The molecule has 5 fully saturated rings. The maximum absolute atomic E-state index is 14.7. The molecule has 5 aliphatic heterocycles. The molecule has 0 radical (unpaired) electrons. The van der Waals surface area contributed by atoms with Crippen LogP contribution in [0.2, 0.25) is 0 Å². The first-order valence-corrected chi connectivity index (χ1v) is 26.3. The van der Waals surface area contributed by atoms with Crippen LogP contribution in [-0.4, -0.2) is 153 Å². The van der Waals surface area contributed by atoms with Gasteiger partial charge in [-0.25, -0.2) is 0 Å². The third kappa shape index (κ3) is 11.1. The maximum atomic E-state index is 14.7. The van der Waals surface area contributed by atoms with Gasteiger partial charge in [0.05, 0.1) is 16.8 Å². The smallest absolute Gasteiger partial charge is 0.249 e. The van der Waals surface area contributed by atoms with Crippen LogP contribution in [0.3, 0.4) is 0 Å². The lowest BCUT2D eigenvalue weighted by molar-refractivity contribution is -0.147. The maximum Gasteiger partial charge on any atom is 0.249 e. The lowest BCUT2D eigenvalue weighted by Crippen LogP contribution is -2.60. The number of hydrogen-bond acceptors (Lipinski definition) is 11. The third-order valence-electron chi connectivity index (χ3n) is 14.3. The van der Waals surface area contributed by atoms with Crippen LogP contribution in [0.4, 0.5) is 0 Å². The highest BCUT2D eigenvalue weighted by atomic mass is 32.2. The predicted octanol–water partition coefficient (Wildman–Crippen LogP) is 2.79. The Balaban J connectivity index is 1.07. The topological polar surface area (TPSA) is 210 Å². The van der Waals surface area contributed by atoms with Crippen molar-refractivity contribution in [1.82, 2.24) is 46.2 Å². The monoisotopic (exact) mass is 987 g/mol. The number of nitrogens with zero attached hydrogens (tertiary/aromatic N) is 4. The molecule has 8 amide bonds. The minimum Gasteiger partial charge on any atom is -0.344 e. The summed E-state index contributed by atoms with van der Waals surface area (Å²) < 4.78 is 0. The molecular formula is C50H69N9O8S2. The van der Waals surface area contributed by atoms with Crippen LogP contribution in [0, 0.1) is 16.7 Å². The molecule has 5 N–H and O–H groups in total. The number of nitrogens with one attached hydrogen (secondary N) is 5. The van der Waals surface area contributed by atoms with Gasteiger partial charge in [0, 0.05) is 32.1 Å². The molecule has 17 nitrogen and oxygen atoms in total. The highest BCUT2D eigenvalue weighted by molar-refractivity contribution is 8.00. The molecule has 374 valence electrons. The van der Waals surface area contributed by atoms with Crippen LogP contribution in [0.1, 0.15) is 97.4 Å². The van der Waals surface area contributed by atoms with Gasteiger partial charge in [-0.15, -0.1) is 23.5 Å². The van der Waals surface area contributed by atoms with Gasteiger partial charge in [0.15, 0.2) is 0 Å². The van der Waals surface area contributed by atoms with Crippen LogP contribution in [0.15, 0.2) is 60.7 Å². The second-order valence-corrected chi connectivity index (χ2v) is 23.1. The van der Waals surface area contributed by atoms with Gasteiger partial charge in [0.2, 0.25) is 47.3 Å².